The largest absolute Gasteiger partial charge is 0.334 e. The lowest BCUT2D eigenvalue weighted by Gasteiger charge is -1.95. The maximum absolute atomic E-state index is 5.04. The average Bonchev–Trinajstić information content (AvgIpc) is 2.60. The number of H-pyrrole nitrogens is 2. The molecule has 0 aliphatic heterocycles. The van der Waals surface area contributed by atoms with Crippen molar-refractivity contribution in [3.63, 3.8) is 0 Å². The number of fused-ring (bicyclic) bond motifs is 3. The van der Waals surface area contributed by atoms with Crippen molar-refractivity contribution >= 4 is 12.2 Å². The van der Waals surface area contributed by atoms with E-state index in [9.17, 15) is 0 Å². The molecule has 0 radical (unpaired) electrons. The number of aromatic nitrogens is 2. The summed E-state index contributed by atoms with van der Waals surface area (Å²) < 4.78 is 0.722. The average molecular weight is 188 g/mol. The second kappa shape index (κ2) is 2.33. The number of aromatic amines is 2. The molecule has 1 aliphatic rings. The van der Waals surface area contributed by atoms with Crippen LogP contribution in [0.3, 0.4) is 0 Å². The van der Waals surface area contributed by atoms with Gasteiger partial charge >= 0.3 is 0 Å². The van der Waals surface area contributed by atoms with Crippen LogP contribution in [0.4, 0.5) is 0 Å². The summed E-state index contributed by atoms with van der Waals surface area (Å²) in [5.41, 5.74) is 5.03. The van der Waals surface area contributed by atoms with Gasteiger partial charge in [0.1, 0.15) is 0 Å². The van der Waals surface area contributed by atoms with Crippen LogP contribution < -0.4 is 0 Å². The summed E-state index contributed by atoms with van der Waals surface area (Å²) >= 11 is 5.04. The van der Waals surface area contributed by atoms with Gasteiger partial charge in [-0.1, -0.05) is 24.3 Å². The van der Waals surface area contributed by atoms with Gasteiger partial charge in [0.25, 0.3) is 0 Å². The van der Waals surface area contributed by atoms with Crippen LogP contribution in [-0.4, -0.2) is 9.97 Å². The van der Waals surface area contributed by atoms with Gasteiger partial charge in [0.05, 0.1) is 5.69 Å². The third kappa shape index (κ3) is 0.906. The first-order valence-electron chi connectivity index (χ1n) is 4.24. The molecule has 1 aliphatic carbocycles. The minimum Gasteiger partial charge on any atom is -0.334 e. The molecule has 3 heteroatoms. The molecule has 1 aromatic heterocycles. The van der Waals surface area contributed by atoms with Crippen molar-refractivity contribution in [3.05, 3.63) is 40.3 Å². The highest BCUT2D eigenvalue weighted by atomic mass is 32.1. The lowest BCUT2D eigenvalue weighted by molar-refractivity contribution is 1.13. The van der Waals surface area contributed by atoms with Crippen molar-refractivity contribution < 1.29 is 0 Å². The lowest BCUT2D eigenvalue weighted by Crippen LogP contribution is -1.81. The van der Waals surface area contributed by atoms with Crippen LogP contribution in [0.1, 0.15) is 11.3 Å². The van der Waals surface area contributed by atoms with Crippen molar-refractivity contribution in [2.24, 2.45) is 0 Å². The third-order valence-corrected chi connectivity index (χ3v) is 2.66. The summed E-state index contributed by atoms with van der Waals surface area (Å²) in [7, 11) is 0. The first-order chi connectivity index (χ1) is 6.34. The highest BCUT2D eigenvalue weighted by Gasteiger charge is 2.19. The molecule has 13 heavy (non-hydrogen) atoms. The molecule has 0 bridgehead atoms. The van der Waals surface area contributed by atoms with E-state index in [-0.39, 0.29) is 0 Å². The maximum Gasteiger partial charge on any atom is 0.175 e. The molecule has 2 nitrogen and oxygen atoms in total. The summed E-state index contributed by atoms with van der Waals surface area (Å²) in [4.78, 5) is 6.33. The van der Waals surface area contributed by atoms with Gasteiger partial charge in [0.15, 0.2) is 4.77 Å². The van der Waals surface area contributed by atoms with Gasteiger partial charge in [-0.2, -0.15) is 0 Å². The summed E-state index contributed by atoms with van der Waals surface area (Å²) in [6, 6.07) is 8.40. The predicted molar refractivity (Wildman–Crippen MR) is 54.2 cm³/mol. The molecule has 0 amide bonds. The molecule has 0 saturated heterocycles. The number of nitrogens with one attached hydrogen (secondary N) is 2. The Labute approximate surface area is 80.6 Å². The van der Waals surface area contributed by atoms with E-state index in [0.717, 1.165) is 11.2 Å². The molecular weight excluding hydrogens is 180 g/mol. The number of imidazole rings is 1. The van der Waals surface area contributed by atoms with E-state index in [2.05, 4.69) is 34.2 Å². The van der Waals surface area contributed by atoms with E-state index in [1.165, 1.54) is 22.5 Å². The molecular formula is C10H8N2S. The fourth-order valence-corrected chi connectivity index (χ4v) is 2.12. The summed E-state index contributed by atoms with van der Waals surface area (Å²) in [5.74, 6) is 0. The van der Waals surface area contributed by atoms with E-state index in [1.54, 1.807) is 0 Å². The highest BCUT2D eigenvalue weighted by Crippen LogP contribution is 2.33. The highest BCUT2D eigenvalue weighted by molar-refractivity contribution is 7.71. The second-order valence-electron chi connectivity index (χ2n) is 3.27. The standard InChI is InChI=1S/C10H8N2S/c13-10-11-8-5-6-3-1-2-4-7(6)9(8)12-10/h1-4H,5H2,(H2,11,12,13). The molecule has 0 saturated carbocycles. The topological polar surface area (TPSA) is 31.6 Å². The number of rotatable bonds is 0. The summed E-state index contributed by atoms with van der Waals surface area (Å²) in [6.45, 7) is 0. The van der Waals surface area contributed by atoms with Crippen LogP contribution in [0.25, 0.3) is 11.3 Å². The molecule has 0 spiro atoms. The van der Waals surface area contributed by atoms with Crippen LogP contribution in [0.5, 0.6) is 0 Å². The van der Waals surface area contributed by atoms with Gasteiger partial charge in [0, 0.05) is 17.7 Å². The van der Waals surface area contributed by atoms with E-state index < -0.39 is 0 Å². The molecule has 0 fully saturated rings. The minimum absolute atomic E-state index is 0.722. The molecule has 2 N–H and O–H groups in total. The zero-order valence-corrected chi connectivity index (χ0v) is 7.74. The quantitative estimate of drug-likeness (QED) is 0.522. The van der Waals surface area contributed by atoms with Gasteiger partial charge in [-0.05, 0) is 17.8 Å². The Hall–Kier alpha value is -1.35. The first-order valence-corrected chi connectivity index (χ1v) is 4.65. The van der Waals surface area contributed by atoms with E-state index >= 15 is 0 Å². The first kappa shape index (κ1) is 7.09. The summed E-state index contributed by atoms with van der Waals surface area (Å²) in [6.07, 6.45) is 0.971. The van der Waals surface area contributed by atoms with Gasteiger partial charge in [-0.15, -0.1) is 0 Å². The van der Waals surface area contributed by atoms with Crippen LogP contribution in [0.15, 0.2) is 24.3 Å². The zero-order chi connectivity index (χ0) is 8.84. The van der Waals surface area contributed by atoms with Crippen molar-refractivity contribution in [1.82, 2.24) is 9.97 Å². The van der Waals surface area contributed by atoms with Gasteiger partial charge in [-0.3, -0.25) is 0 Å². The Kier molecular flexibility index (Phi) is 1.27. The Morgan fingerprint density at radius 2 is 2.00 bits per heavy atom. The minimum atomic E-state index is 0.722. The van der Waals surface area contributed by atoms with Crippen LogP contribution in [0, 0.1) is 4.77 Å². The molecule has 2 aromatic rings. The second-order valence-corrected chi connectivity index (χ2v) is 3.67. The lowest BCUT2D eigenvalue weighted by atomic mass is 10.1. The van der Waals surface area contributed by atoms with Crippen molar-refractivity contribution in [2.45, 2.75) is 6.42 Å². The molecule has 1 aromatic carbocycles. The number of benzene rings is 1. The monoisotopic (exact) mass is 188 g/mol. The molecule has 1 heterocycles. The molecule has 0 unspecified atom stereocenters. The van der Waals surface area contributed by atoms with Crippen molar-refractivity contribution in [2.75, 3.05) is 0 Å². The Morgan fingerprint density at radius 1 is 1.15 bits per heavy atom. The van der Waals surface area contributed by atoms with Crippen molar-refractivity contribution in [3.8, 4) is 11.3 Å². The number of hydrogen-bond donors (Lipinski definition) is 2. The molecule has 64 valence electrons. The zero-order valence-electron chi connectivity index (χ0n) is 6.92. The van der Waals surface area contributed by atoms with Gasteiger partial charge < -0.3 is 9.97 Å². The normalized spacial score (nSPS) is 12.6. The van der Waals surface area contributed by atoms with Crippen LogP contribution in [0.2, 0.25) is 0 Å². The van der Waals surface area contributed by atoms with E-state index in [1.807, 2.05) is 0 Å². The van der Waals surface area contributed by atoms with E-state index in [4.69, 9.17) is 12.2 Å². The maximum atomic E-state index is 5.04. The Balaban J connectivity index is 2.36. The SMILES string of the molecule is S=c1[nH]c2c([nH]1)-c1ccccc1C2. The third-order valence-electron chi connectivity index (χ3n) is 2.46. The van der Waals surface area contributed by atoms with Crippen molar-refractivity contribution in [1.29, 1.82) is 0 Å². The Morgan fingerprint density at radius 3 is 2.92 bits per heavy atom. The molecule has 0 atom stereocenters. The smallest absolute Gasteiger partial charge is 0.175 e. The van der Waals surface area contributed by atoms with Crippen LogP contribution in [-0.2, 0) is 6.42 Å². The van der Waals surface area contributed by atoms with Crippen LogP contribution >= 0.6 is 12.2 Å². The number of hydrogen-bond acceptors (Lipinski definition) is 1. The Bertz CT molecular complexity index is 522. The van der Waals surface area contributed by atoms with E-state index in [0.29, 0.717) is 0 Å². The van der Waals surface area contributed by atoms with Gasteiger partial charge in [0.2, 0.25) is 0 Å². The predicted octanol–water partition coefficient (Wildman–Crippen LogP) is 2.64. The fourth-order valence-electron chi connectivity index (χ4n) is 1.89. The summed E-state index contributed by atoms with van der Waals surface area (Å²) in [5, 5.41) is 0. The molecule has 3 rings (SSSR count). The van der Waals surface area contributed by atoms with Gasteiger partial charge in [-0.25, -0.2) is 0 Å². The fraction of sp³-hybridized carbons (Fsp3) is 0.100.